The van der Waals surface area contributed by atoms with Crippen LogP contribution in [0.4, 0.5) is 5.69 Å². The van der Waals surface area contributed by atoms with Crippen LogP contribution in [0.3, 0.4) is 0 Å². The zero-order valence-electron chi connectivity index (χ0n) is 17.6. The second-order valence-corrected chi connectivity index (χ2v) is 8.81. The van der Waals surface area contributed by atoms with Gasteiger partial charge in [-0.25, -0.2) is 17.9 Å². The van der Waals surface area contributed by atoms with Gasteiger partial charge in [-0.2, -0.15) is 0 Å². The molecule has 0 aliphatic carbocycles. The molecule has 0 aliphatic rings. The number of sulfonamides is 1. The number of benzene rings is 1. The van der Waals surface area contributed by atoms with Crippen molar-refractivity contribution in [3.8, 4) is 0 Å². The molecule has 1 heterocycles. The molecule has 10 heteroatoms. The quantitative estimate of drug-likeness (QED) is 0.594. The van der Waals surface area contributed by atoms with Gasteiger partial charge in [0, 0.05) is 28.6 Å². The van der Waals surface area contributed by atoms with Crippen molar-refractivity contribution >= 4 is 39.2 Å². The van der Waals surface area contributed by atoms with E-state index in [9.17, 15) is 18.0 Å². The Labute approximate surface area is 181 Å². The topological polar surface area (TPSA) is 106 Å². The fourth-order valence-corrected chi connectivity index (χ4v) is 4.99. The van der Waals surface area contributed by atoms with E-state index in [1.165, 1.54) is 0 Å². The van der Waals surface area contributed by atoms with Crippen LogP contribution in [0.15, 0.2) is 23.1 Å². The number of hydrogen-bond donors (Lipinski definition) is 2. The molecular weight excluding hydrogens is 430 g/mol. The normalized spacial score (nSPS) is 11.4. The van der Waals surface area contributed by atoms with Crippen LogP contribution < -0.4 is 10.0 Å². The first kappa shape index (κ1) is 23.9. The number of aromatic nitrogens is 1. The van der Waals surface area contributed by atoms with Crippen LogP contribution in [0.1, 0.15) is 41.2 Å². The van der Waals surface area contributed by atoms with E-state index >= 15 is 0 Å². The smallest absolute Gasteiger partial charge is 0.341 e. The molecule has 1 aromatic carbocycles. The van der Waals surface area contributed by atoms with Crippen LogP contribution in [0, 0.1) is 20.8 Å². The molecular formula is C20H26ClN3O5S. The van der Waals surface area contributed by atoms with Gasteiger partial charge in [0.2, 0.25) is 15.9 Å². The van der Waals surface area contributed by atoms with Gasteiger partial charge in [-0.05, 0) is 58.4 Å². The summed E-state index contributed by atoms with van der Waals surface area (Å²) in [6.45, 7) is 8.65. The first-order valence-electron chi connectivity index (χ1n) is 9.45. The summed E-state index contributed by atoms with van der Waals surface area (Å²) in [5.74, 6) is -1.27. The van der Waals surface area contributed by atoms with E-state index in [0.717, 1.165) is 5.56 Å². The van der Waals surface area contributed by atoms with Crippen molar-refractivity contribution in [1.29, 1.82) is 0 Å². The van der Waals surface area contributed by atoms with Crippen molar-refractivity contribution in [2.24, 2.45) is 0 Å². The van der Waals surface area contributed by atoms with E-state index in [2.05, 4.69) is 10.0 Å². The molecule has 2 rings (SSSR count). The van der Waals surface area contributed by atoms with Crippen molar-refractivity contribution in [1.82, 2.24) is 9.29 Å². The van der Waals surface area contributed by atoms with Gasteiger partial charge in [0.05, 0.1) is 13.2 Å². The maximum atomic E-state index is 13.0. The van der Waals surface area contributed by atoms with Crippen LogP contribution in [-0.2, 0) is 26.1 Å². The minimum atomic E-state index is -4.15. The van der Waals surface area contributed by atoms with Gasteiger partial charge in [-0.15, -0.1) is 0 Å². The van der Waals surface area contributed by atoms with Crippen molar-refractivity contribution in [2.75, 3.05) is 18.5 Å². The first-order chi connectivity index (χ1) is 14.0. The molecule has 1 amide bonds. The number of esters is 1. The lowest BCUT2D eigenvalue weighted by Gasteiger charge is -2.11. The highest BCUT2D eigenvalue weighted by molar-refractivity contribution is 7.89. The Morgan fingerprint density at radius 1 is 1.13 bits per heavy atom. The molecule has 2 aromatic rings. The minimum absolute atomic E-state index is 0.0161. The first-order valence-corrected chi connectivity index (χ1v) is 11.3. The second kappa shape index (κ2) is 9.63. The van der Waals surface area contributed by atoms with Gasteiger partial charge in [0.25, 0.3) is 0 Å². The lowest BCUT2D eigenvalue weighted by atomic mass is 10.2. The molecule has 0 atom stereocenters. The highest BCUT2D eigenvalue weighted by Gasteiger charge is 2.32. The Morgan fingerprint density at radius 3 is 2.37 bits per heavy atom. The number of carbonyl (C=O) groups is 2. The average molecular weight is 456 g/mol. The Balaban J connectivity index is 2.28. The van der Waals surface area contributed by atoms with Gasteiger partial charge in [0.15, 0.2) is 0 Å². The Kier molecular flexibility index (Phi) is 7.68. The Morgan fingerprint density at radius 2 is 1.80 bits per heavy atom. The molecule has 0 fully saturated rings. The van der Waals surface area contributed by atoms with E-state index in [0.29, 0.717) is 28.6 Å². The molecule has 0 radical (unpaired) electrons. The van der Waals surface area contributed by atoms with Gasteiger partial charge < -0.3 is 14.6 Å². The predicted octanol–water partition coefficient (Wildman–Crippen LogP) is 3.18. The molecule has 30 heavy (non-hydrogen) atoms. The van der Waals surface area contributed by atoms with Crippen LogP contribution in [-0.4, -0.2) is 38.0 Å². The summed E-state index contributed by atoms with van der Waals surface area (Å²) in [5, 5.41) is 3.17. The monoisotopic (exact) mass is 455 g/mol. The third kappa shape index (κ3) is 5.03. The molecule has 164 valence electrons. The maximum Gasteiger partial charge on any atom is 0.341 e. The number of hydrogen-bond acceptors (Lipinski definition) is 5. The van der Waals surface area contributed by atoms with Gasteiger partial charge in [0.1, 0.15) is 10.5 Å². The highest BCUT2D eigenvalue weighted by atomic mass is 35.5. The fraction of sp³-hybridized carbons (Fsp3) is 0.400. The predicted molar refractivity (Wildman–Crippen MR) is 116 cm³/mol. The lowest BCUT2D eigenvalue weighted by Crippen LogP contribution is -2.34. The summed E-state index contributed by atoms with van der Waals surface area (Å²) in [7, 11) is -4.15. The Hall–Kier alpha value is -2.36. The molecule has 1 aromatic heterocycles. The number of nitrogens with one attached hydrogen (secondary N) is 2. The van der Waals surface area contributed by atoms with Crippen molar-refractivity contribution in [3.05, 3.63) is 45.7 Å². The third-order valence-electron chi connectivity index (χ3n) is 4.68. The lowest BCUT2D eigenvalue weighted by molar-refractivity contribution is -0.115. The van der Waals surface area contributed by atoms with E-state index in [1.807, 2.05) is 6.92 Å². The van der Waals surface area contributed by atoms with Crippen molar-refractivity contribution < 1.29 is 22.7 Å². The molecule has 2 N–H and O–H groups in total. The zero-order chi connectivity index (χ0) is 22.6. The number of halogens is 1. The van der Waals surface area contributed by atoms with Crippen molar-refractivity contribution in [2.45, 2.75) is 46.1 Å². The average Bonchev–Trinajstić information content (AvgIpc) is 2.93. The molecule has 8 nitrogen and oxygen atoms in total. The van der Waals surface area contributed by atoms with Crippen LogP contribution in [0.5, 0.6) is 0 Å². The van der Waals surface area contributed by atoms with Crippen molar-refractivity contribution in [3.63, 3.8) is 0 Å². The number of anilines is 1. The van der Waals surface area contributed by atoms with Gasteiger partial charge in [-0.3, -0.25) is 4.79 Å². The standard InChI is InChI=1S/C20H26ClN3O5S/c1-6-24-13(4)18(20(26)29-7-2)19(14(24)5)30(27,28)22-11-17(25)23-16-9-8-15(21)10-12(16)3/h8-10,22H,6-7,11H2,1-5H3,(H,23,25). The van der Waals surface area contributed by atoms with E-state index in [-0.39, 0.29) is 17.1 Å². The maximum absolute atomic E-state index is 13.0. The number of carbonyl (C=O) groups excluding carboxylic acids is 2. The number of amides is 1. The molecule has 0 saturated heterocycles. The Bertz CT molecular complexity index is 1080. The second-order valence-electron chi connectivity index (χ2n) is 6.67. The SMILES string of the molecule is CCOC(=O)c1c(S(=O)(=O)NCC(=O)Nc2ccc(Cl)cc2C)c(C)n(CC)c1C. The fourth-order valence-electron chi connectivity index (χ4n) is 3.30. The highest BCUT2D eigenvalue weighted by Crippen LogP contribution is 2.28. The summed E-state index contributed by atoms with van der Waals surface area (Å²) < 4.78 is 35.1. The summed E-state index contributed by atoms with van der Waals surface area (Å²) in [4.78, 5) is 24.6. The van der Waals surface area contributed by atoms with E-state index in [4.69, 9.17) is 16.3 Å². The largest absolute Gasteiger partial charge is 0.462 e. The molecule has 0 unspecified atom stereocenters. The van der Waals surface area contributed by atoms with E-state index in [1.54, 1.807) is 50.5 Å². The zero-order valence-corrected chi connectivity index (χ0v) is 19.2. The molecule has 0 spiro atoms. The third-order valence-corrected chi connectivity index (χ3v) is 6.47. The van der Waals surface area contributed by atoms with Crippen LogP contribution in [0.25, 0.3) is 0 Å². The number of rotatable bonds is 8. The molecule has 0 bridgehead atoms. The number of aryl methyl sites for hydroxylation is 1. The number of nitrogens with zero attached hydrogens (tertiary/aromatic N) is 1. The summed E-state index contributed by atoms with van der Waals surface area (Å²) in [6, 6.07) is 4.95. The summed E-state index contributed by atoms with van der Waals surface area (Å²) in [5.41, 5.74) is 2.15. The summed E-state index contributed by atoms with van der Waals surface area (Å²) >= 11 is 5.90. The van der Waals surface area contributed by atoms with Crippen LogP contribution >= 0.6 is 11.6 Å². The van der Waals surface area contributed by atoms with Crippen LogP contribution in [0.2, 0.25) is 5.02 Å². The summed E-state index contributed by atoms with van der Waals surface area (Å²) in [6.07, 6.45) is 0. The van der Waals surface area contributed by atoms with E-state index < -0.39 is 28.4 Å². The van der Waals surface area contributed by atoms with Gasteiger partial charge in [-0.1, -0.05) is 11.6 Å². The van der Waals surface area contributed by atoms with Gasteiger partial charge >= 0.3 is 5.97 Å². The number of ether oxygens (including phenoxy) is 1. The molecule has 0 saturated carbocycles. The minimum Gasteiger partial charge on any atom is -0.462 e. The molecule has 0 aliphatic heterocycles.